The Morgan fingerprint density at radius 2 is 1.87 bits per heavy atom. The highest BCUT2D eigenvalue weighted by atomic mass is 79.9. The summed E-state index contributed by atoms with van der Waals surface area (Å²) in [6.07, 6.45) is 0.222. The highest BCUT2D eigenvalue weighted by Crippen LogP contribution is 2.37. The van der Waals surface area contributed by atoms with E-state index in [0.717, 1.165) is 5.56 Å². The topological polar surface area (TPSA) is 42.6 Å². The van der Waals surface area contributed by atoms with E-state index in [9.17, 15) is 9.50 Å². The molecule has 0 aliphatic heterocycles. The maximum Gasteiger partial charge on any atom is 0.141 e. The highest BCUT2D eigenvalue weighted by Gasteiger charge is 2.23. The number of aliphatic hydroxyl groups excluding tert-OH is 1. The Balaban J connectivity index is 1.86. The van der Waals surface area contributed by atoms with Crippen molar-refractivity contribution in [2.45, 2.75) is 12.7 Å². The maximum absolute atomic E-state index is 14.1. The van der Waals surface area contributed by atoms with Gasteiger partial charge in [0.25, 0.3) is 0 Å². The van der Waals surface area contributed by atoms with Gasteiger partial charge < -0.3 is 14.3 Å². The second-order valence-corrected chi connectivity index (χ2v) is 5.76. The molecule has 0 saturated heterocycles. The Hall–Kier alpha value is -2.11. The smallest absolute Gasteiger partial charge is 0.141 e. The van der Waals surface area contributed by atoms with Crippen LogP contribution in [0.3, 0.4) is 0 Å². The third-order valence-corrected chi connectivity index (χ3v) is 4.23. The third kappa shape index (κ3) is 3.46. The van der Waals surface area contributed by atoms with E-state index in [-0.39, 0.29) is 11.3 Å². The van der Waals surface area contributed by atoms with E-state index < -0.39 is 11.9 Å². The largest absolute Gasteiger partial charge is 0.488 e. The summed E-state index contributed by atoms with van der Waals surface area (Å²) in [5.41, 5.74) is 1.09. The standard InChI is InChI=1S/C18H14BrFO3/c19-17-14(23-11-12-5-2-1-3-6-12)9-8-13(20)16(17)18(21)15-7-4-10-22-15/h1-10,18,21H,11H2. The monoisotopic (exact) mass is 376 g/mol. The fraction of sp³-hybridized carbons (Fsp3) is 0.111. The zero-order valence-electron chi connectivity index (χ0n) is 12.1. The Bertz CT molecular complexity index is 772. The predicted molar refractivity (Wildman–Crippen MR) is 87.6 cm³/mol. The van der Waals surface area contributed by atoms with Gasteiger partial charge >= 0.3 is 0 Å². The summed E-state index contributed by atoms with van der Waals surface area (Å²) in [6.45, 7) is 0.349. The lowest BCUT2D eigenvalue weighted by Crippen LogP contribution is -2.05. The summed E-state index contributed by atoms with van der Waals surface area (Å²) in [5.74, 6) is 0.188. The maximum atomic E-state index is 14.1. The van der Waals surface area contributed by atoms with Gasteiger partial charge in [-0.15, -0.1) is 0 Å². The molecule has 3 rings (SSSR count). The number of benzene rings is 2. The summed E-state index contributed by atoms with van der Waals surface area (Å²) in [6, 6.07) is 15.7. The first-order chi connectivity index (χ1) is 11.2. The van der Waals surface area contributed by atoms with Crippen LogP contribution in [0.15, 0.2) is 69.8 Å². The van der Waals surface area contributed by atoms with E-state index >= 15 is 0 Å². The minimum absolute atomic E-state index is 0.0884. The molecule has 1 N–H and O–H groups in total. The van der Waals surface area contributed by atoms with Crippen molar-refractivity contribution in [3.63, 3.8) is 0 Å². The predicted octanol–water partition coefficient (Wildman–Crippen LogP) is 4.84. The van der Waals surface area contributed by atoms with Crippen molar-refractivity contribution in [3.05, 3.63) is 88.0 Å². The molecule has 3 nitrogen and oxygen atoms in total. The minimum atomic E-state index is -1.21. The Morgan fingerprint density at radius 3 is 2.57 bits per heavy atom. The van der Waals surface area contributed by atoms with Gasteiger partial charge in [0.05, 0.1) is 10.7 Å². The van der Waals surface area contributed by atoms with Crippen LogP contribution in [0.25, 0.3) is 0 Å². The van der Waals surface area contributed by atoms with E-state index in [4.69, 9.17) is 9.15 Å². The van der Waals surface area contributed by atoms with E-state index in [1.807, 2.05) is 30.3 Å². The van der Waals surface area contributed by atoms with E-state index in [1.165, 1.54) is 18.4 Å². The molecular weight excluding hydrogens is 363 g/mol. The SMILES string of the molecule is OC(c1ccco1)c1c(F)ccc(OCc2ccccc2)c1Br. The normalized spacial score (nSPS) is 12.1. The zero-order chi connectivity index (χ0) is 16.2. The summed E-state index contributed by atoms with van der Waals surface area (Å²) < 4.78 is 25.4. The van der Waals surface area contributed by atoms with Crippen LogP contribution >= 0.6 is 15.9 Å². The number of aliphatic hydroxyl groups is 1. The highest BCUT2D eigenvalue weighted by molar-refractivity contribution is 9.10. The first kappa shape index (κ1) is 15.8. The van der Waals surface area contributed by atoms with Crippen molar-refractivity contribution in [1.29, 1.82) is 0 Å². The molecule has 0 saturated carbocycles. The van der Waals surface area contributed by atoms with E-state index in [2.05, 4.69) is 15.9 Å². The second-order valence-electron chi connectivity index (χ2n) is 4.97. The van der Waals surface area contributed by atoms with Crippen molar-refractivity contribution in [1.82, 2.24) is 0 Å². The van der Waals surface area contributed by atoms with Crippen molar-refractivity contribution in [2.24, 2.45) is 0 Å². The molecule has 118 valence electrons. The summed E-state index contributed by atoms with van der Waals surface area (Å²) in [7, 11) is 0. The van der Waals surface area contributed by atoms with Gasteiger partial charge in [-0.05, 0) is 45.8 Å². The van der Waals surface area contributed by atoms with Crippen molar-refractivity contribution in [2.75, 3.05) is 0 Å². The van der Waals surface area contributed by atoms with Crippen LogP contribution in [0.5, 0.6) is 5.75 Å². The number of halogens is 2. The van der Waals surface area contributed by atoms with Gasteiger partial charge in [-0.2, -0.15) is 0 Å². The first-order valence-electron chi connectivity index (χ1n) is 7.03. The van der Waals surface area contributed by atoms with E-state index in [0.29, 0.717) is 16.8 Å². The van der Waals surface area contributed by atoms with Crippen molar-refractivity contribution in [3.8, 4) is 5.75 Å². The summed E-state index contributed by atoms with van der Waals surface area (Å²) in [5, 5.41) is 10.3. The molecule has 0 aliphatic carbocycles. The van der Waals surface area contributed by atoms with Gasteiger partial charge in [0.1, 0.15) is 30.0 Å². The van der Waals surface area contributed by atoms with Gasteiger partial charge in [0.15, 0.2) is 0 Å². The Labute approximate surface area is 141 Å². The average molecular weight is 377 g/mol. The molecular formula is C18H14BrFO3. The number of furan rings is 1. The van der Waals surface area contributed by atoms with Crippen LogP contribution in [0.4, 0.5) is 4.39 Å². The number of rotatable bonds is 5. The van der Waals surface area contributed by atoms with Crippen LogP contribution in [-0.2, 0) is 6.61 Å². The lowest BCUT2D eigenvalue weighted by Gasteiger charge is -2.15. The fourth-order valence-electron chi connectivity index (χ4n) is 2.24. The quantitative estimate of drug-likeness (QED) is 0.692. The van der Waals surface area contributed by atoms with Crippen LogP contribution < -0.4 is 4.74 Å². The van der Waals surface area contributed by atoms with Crippen molar-refractivity contribution >= 4 is 15.9 Å². The summed E-state index contributed by atoms with van der Waals surface area (Å²) in [4.78, 5) is 0. The molecule has 1 heterocycles. The number of hydrogen-bond acceptors (Lipinski definition) is 3. The van der Waals surface area contributed by atoms with Gasteiger partial charge in [-0.3, -0.25) is 0 Å². The lowest BCUT2D eigenvalue weighted by molar-refractivity contribution is 0.183. The number of hydrogen-bond donors (Lipinski definition) is 1. The van der Waals surface area contributed by atoms with E-state index in [1.54, 1.807) is 12.1 Å². The molecule has 0 amide bonds. The molecule has 23 heavy (non-hydrogen) atoms. The lowest BCUT2D eigenvalue weighted by atomic mass is 10.1. The molecule has 0 bridgehead atoms. The summed E-state index contributed by atoms with van der Waals surface area (Å²) >= 11 is 3.33. The van der Waals surface area contributed by atoms with Crippen LogP contribution in [0.1, 0.15) is 23.0 Å². The third-order valence-electron chi connectivity index (χ3n) is 3.41. The van der Waals surface area contributed by atoms with Gasteiger partial charge in [0, 0.05) is 5.56 Å². The fourth-order valence-corrected chi connectivity index (χ4v) is 2.89. The van der Waals surface area contributed by atoms with Gasteiger partial charge in [-0.1, -0.05) is 30.3 Å². The average Bonchev–Trinajstić information content (AvgIpc) is 3.09. The zero-order valence-corrected chi connectivity index (χ0v) is 13.7. The molecule has 1 atom stereocenters. The molecule has 2 aromatic carbocycles. The van der Waals surface area contributed by atoms with Crippen molar-refractivity contribution < 1.29 is 18.7 Å². The molecule has 5 heteroatoms. The molecule has 1 aromatic heterocycles. The van der Waals surface area contributed by atoms with Gasteiger partial charge in [0.2, 0.25) is 0 Å². The minimum Gasteiger partial charge on any atom is -0.488 e. The number of ether oxygens (including phenoxy) is 1. The van der Waals surface area contributed by atoms with Crippen LogP contribution in [-0.4, -0.2) is 5.11 Å². The molecule has 0 radical (unpaired) electrons. The second kappa shape index (κ2) is 6.98. The van der Waals surface area contributed by atoms with Crippen LogP contribution in [0, 0.1) is 5.82 Å². The Kier molecular flexibility index (Phi) is 4.79. The first-order valence-corrected chi connectivity index (χ1v) is 7.82. The molecule has 1 unspecified atom stereocenters. The molecule has 0 spiro atoms. The molecule has 0 aliphatic rings. The molecule has 3 aromatic rings. The Morgan fingerprint density at radius 1 is 1.09 bits per heavy atom. The molecule has 0 fully saturated rings. The van der Waals surface area contributed by atoms with Crippen LogP contribution in [0.2, 0.25) is 0 Å². The van der Waals surface area contributed by atoms with Gasteiger partial charge in [-0.25, -0.2) is 4.39 Å².